The van der Waals surface area contributed by atoms with Crippen LogP contribution in [0.1, 0.15) is 17.4 Å². The Labute approximate surface area is 94.3 Å². The van der Waals surface area contributed by atoms with Crippen LogP contribution in [-0.2, 0) is 0 Å². The second kappa shape index (κ2) is 5.55. The SMILES string of the molecule is CC(CN)CN(C)C(=O)c1ccc(F)cn1. The maximum Gasteiger partial charge on any atom is 0.272 e. The third kappa shape index (κ3) is 3.27. The summed E-state index contributed by atoms with van der Waals surface area (Å²) in [5.74, 6) is -0.441. The topological polar surface area (TPSA) is 59.2 Å². The molecular formula is C11H16FN3O. The van der Waals surface area contributed by atoms with E-state index in [1.807, 2.05) is 6.92 Å². The number of carbonyl (C=O) groups excluding carboxylic acids is 1. The van der Waals surface area contributed by atoms with Crippen LogP contribution in [0.15, 0.2) is 18.3 Å². The average molecular weight is 225 g/mol. The number of nitrogens with zero attached hydrogens (tertiary/aromatic N) is 2. The standard InChI is InChI=1S/C11H16FN3O/c1-8(5-13)7-15(2)11(16)10-4-3-9(12)6-14-10/h3-4,6,8H,5,7,13H2,1-2H3. The number of amides is 1. The van der Waals surface area contributed by atoms with Crippen molar-refractivity contribution < 1.29 is 9.18 Å². The number of nitrogens with two attached hydrogens (primary N) is 1. The number of rotatable bonds is 4. The number of aromatic nitrogens is 1. The number of hydrogen-bond acceptors (Lipinski definition) is 3. The Hall–Kier alpha value is -1.49. The molecule has 1 aromatic rings. The molecule has 0 spiro atoms. The van der Waals surface area contributed by atoms with Gasteiger partial charge in [0.05, 0.1) is 6.20 Å². The summed E-state index contributed by atoms with van der Waals surface area (Å²) in [6.07, 6.45) is 1.04. The molecule has 0 aliphatic rings. The van der Waals surface area contributed by atoms with Crippen molar-refractivity contribution in [3.63, 3.8) is 0 Å². The molecule has 4 nitrogen and oxygen atoms in total. The second-order valence-corrected chi connectivity index (χ2v) is 3.89. The zero-order chi connectivity index (χ0) is 12.1. The number of pyridine rings is 1. The second-order valence-electron chi connectivity index (χ2n) is 3.89. The molecule has 1 amide bonds. The van der Waals surface area contributed by atoms with Gasteiger partial charge in [-0.3, -0.25) is 4.79 Å². The molecule has 5 heteroatoms. The fourth-order valence-corrected chi connectivity index (χ4v) is 1.32. The summed E-state index contributed by atoms with van der Waals surface area (Å²) in [5, 5.41) is 0. The Bertz CT molecular complexity index is 353. The molecule has 1 aromatic heterocycles. The highest BCUT2D eigenvalue weighted by Gasteiger charge is 2.14. The largest absolute Gasteiger partial charge is 0.340 e. The molecule has 1 rings (SSSR count). The molecule has 1 unspecified atom stereocenters. The van der Waals surface area contributed by atoms with Gasteiger partial charge < -0.3 is 10.6 Å². The van der Waals surface area contributed by atoms with Crippen molar-refractivity contribution in [2.24, 2.45) is 11.7 Å². The van der Waals surface area contributed by atoms with Gasteiger partial charge in [0.25, 0.3) is 5.91 Å². The van der Waals surface area contributed by atoms with Crippen LogP contribution < -0.4 is 5.73 Å². The smallest absolute Gasteiger partial charge is 0.272 e. The maximum absolute atomic E-state index is 12.6. The van der Waals surface area contributed by atoms with E-state index in [0.717, 1.165) is 6.20 Å². The average Bonchev–Trinajstić information content (AvgIpc) is 2.28. The van der Waals surface area contributed by atoms with Crippen LogP contribution in [0.25, 0.3) is 0 Å². The van der Waals surface area contributed by atoms with E-state index in [4.69, 9.17) is 5.73 Å². The van der Waals surface area contributed by atoms with Gasteiger partial charge in [-0.25, -0.2) is 9.37 Å². The highest BCUT2D eigenvalue weighted by atomic mass is 19.1. The van der Waals surface area contributed by atoms with Crippen LogP contribution in [0.2, 0.25) is 0 Å². The monoisotopic (exact) mass is 225 g/mol. The molecule has 0 saturated carbocycles. The molecule has 0 saturated heterocycles. The number of hydrogen-bond donors (Lipinski definition) is 1. The minimum absolute atomic E-state index is 0.222. The summed E-state index contributed by atoms with van der Waals surface area (Å²) in [4.78, 5) is 17.1. The molecule has 1 heterocycles. The van der Waals surface area contributed by atoms with E-state index in [2.05, 4.69) is 4.98 Å². The van der Waals surface area contributed by atoms with E-state index in [-0.39, 0.29) is 17.5 Å². The molecule has 16 heavy (non-hydrogen) atoms. The van der Waals surface area contributed by atoms with Crippen LogP contribution >= 0.6 is 0 Å². The van der Waals surface area contributed by atoms with E-state index in [1.165, 1.54) is 17.0 Å². The lowest BCUT2D eigenvalue weighted by Gasteiger charge is -2.20. The van der Waals surface area contributed by atoms with Gasteiger partial charge in [0.1, 0.15) is 11.5 Å². The van der Waals surface area contributed by atoms with E-state index < -0.39 is 5.82 Å². The van der Waals surface area contributed by atoms with Crippen LogP contribution in [0.5, 0.6) is 0 Å². The lowest BCUT2D eigenvalue weighted by molar-refractivity contribution is 0.0771. The normalized spacial score (nSPS) is 12.2. The summed E-state index contributed by atoms with van der Waals surface area (Å²) in [5.41, 5.74) is 5.72. The third-order valence-electron chi connectivity index (χ3n) is 2.28. The predicted molar refractivity (Wildman–Crippen MR) is 59.4 cm³/mol. The minimum atomic E-state index is -0.450. The molecule has 0 aromatic carbocycles. The highest BCUT2D eigenvalue weighted by molar-refractivity contribution is 5.92. The fraction of sp³-hybridized carbons (Fsp3) is 0.455. The molecule has 0 aliphatic carbocycles. The fourth-order valence-electron chi connectivity index (χ4n) is 1.32. The summed E-state index contributed by atoms with van der Waals surface area (Å²) in [7, 11) is 1.68. The van der Waals surface area contributed by atoms with Gasteiger partial charge in [-0.2, -0.15) is 0 Å². The van der Waals surface area contributed by atoms with Crippen molar-refractivity contribution in [3.8, 4) is 0 Å². The van der Waals surface area contributed by atoms with E-state index in [1.54, 1.807) is 7.05 Å². The molecule has 88 valence electrons. The highest BCUT2D eigenvalue weighted by Crippen LogP contribution is 2.04. The molecule has 0 aliphatic heterocycles. The van der Waals surface area contributed by atoms with Crippen LogP contribution in [-0.4, -0.2) is 35.9 Å². The summed E-state index contributed by atoms with van der Waals surface area (Å²) in [6.45, 7) is 3.05. The molecule has 2 N–H and O–H groups in total. The lowest BCUT2D eigenvalue weighted by atomic mass is 10.1. The summed E-state index contributed by atoms with van der Waals surface area (Å²) in [6, 6.07) is 2.60. The van der Waals surface area contributed by atoms with E-state index >= 15 is 0 Å². The van der Waals surface area contributed by atoms with E-state index in [9.17, 15) is 9.18 Å². The lowest BCUT2D eigenvalue weighted by Crippen LogP contribution is -2.33. The number of halogens is 1. The molecular weight excluding hydrogens is 209 g/mol. The predicted octanol–water partition coefficient (Wildman–Crippen LogP) is 0.887. The van der Waals surface area contributed by atoms with Gasteiger partial charge in [-0.05, 0) is 24.6 Å². The maximum atomic E-state index is 12.6. The van der Waals surface area contributed by atoms with Gasteiger partial charge in [-0.15, -0.1) is 0 Å². The molecule has 0 fully saturated rings. The molecule has 0 bridgehead atoms. The summed E-state index contributed by atoms with van der Waals surface area (Å²) < 4.78 is 12.6. The first-order valence-corrected chi connectivity index (χ1v) is 5.11. The van der Waals surface area contributed by atoms with Gasteiger partial charge in [0.2, 0.25) is 0 Å². The van der Waals surface area contributed by atoms with Crippen LogP contribution in [0.4, 0.5) is 4.39 Å². The Morgan fingerprint density at radius 3 is 2.81 bits per heavy atom. The van der Waals surface area contributed by atoms with Gasteiger partial charge in [0.15, 0.2) is 0 Å². The van der Waals surface area contributed by atoms with Crippen molar-refractivity contribution in [3.05, 3.63) is 29.8 Å². The Morgan fingerprint density at radius 2 is 2.31 bits per heavy atom. The van der Waals surface area contributed by atoms with Crippen molar-refractivity contribution in [2.45, 2.75) is 6.92 Å². The number of carbonyl (C=O) groups is 1. The minimum Gasteiger partial charge on any atom is -0.340 e. The van der Waals surface area contributed by atoms with Crippen molar-refractivity contribution in [1.29, 1.82) is 0 Å². The zero-order valence-corrected chi connectivity index (χ0v) is 9.48. The molecule has 0 radical (unpaired) electrons. The Morgan fingerprint density at radius 1 is 1.62 bits per heavy atom. The van der Waals surface area contributed by atoms with E-state index in [0.29, 0.717) is 13.1 Å². The molecule has 1 atom stereocenters. The third-order valence-corrected chi connectivity index (χ3v) is 2.28. The summed E-state index contributed by atoms with van der Waals surface area (Å²) >= 11 is 0. The first kappa shape index (κ1) is 12.6. The first-order valence-electron chi connectivity index (χ1n) is 5.11. The zero-order valence-electron chi connectivity index (χ0n) is 9.48. The van der Waals surface area contributed by atoms with Crippen LogP contribution in [0.3, 0.4) is 0 Å². The quantitative estimate of drug-likeness (QED) is 0.827. The van der Waals surface area contributed by atoms with Gasteiger partial charge in [-0.1, -0.05) is 6.92 Å². The van der Waals surface area contributed by atoms with Gasteiger partial charge in [0, 0.05) is 13.6 Å². The Balaban J connectivity index is 2.67. The van der Waals surface area contributed by atoms with Crippen molar-refractivity contribution in [2.75, 3.05) is 20.1 Å². The Kier molecular flexibility index (Phi) is 4.37. The van der Waals surface area contributed by atoms with Gasteiger partial charge >= 0.3 is 0 Å². The van der Waals surface area contributed by atoms with Crippen molar-refractivity contribution in [1.82, 2.24) is 9.88 Å². The van der Waals surface area contributed by atoms with Crippen LogP contribution in [0, 0.1) is 11.7 Å². The van der Waals surface area contributed by atoms with Crippen molar-refractivity contribution >= 4 is 5.91 Å². The first-order chi connectivity index (χ1) is 7.54.